The predicted molar refractivity (Wildman–Crippen MR) is 75.6 cm³/mol. The van der Waals surface area contributed by atoms with E-state index in [1.54, 1.807) is 7.11 Å². The molecule has 4 nitrogen and oxygen atoms in total. The van der Waals surface area contributed by atoms with E-state index in [-0.39, 0.29) is 11.3 Å². The minimum atomic E-state index is -0.179. The second kappa shape index (κ2) is 4.61. The van der Waals surface area contributed by atoms with E-state index in [2.05, 4.69) is 25.9 Å². The van der Waals surface area contributed by atoms with Crippen LogP contribution in [0.2, 0.25) is 0 Å². The fraction of sp³-hybridized carbons (Fsp3) is 0.400. The number of nitrogens with zero attached hydrogens (tertiary/aromatic N) is 2. The fourth-order valence-corrected chi connectivity index (χ4v) is 2.17. The summed E-state index contributed by atoms with van der Waals surface area (Å²) in [4.78, 5) is 0. The lowest BCUT2D eigenvalue weighted by Gasteiger charge is -2.20. The number of aromatic nitrogens is 2. The van der Waals surface area contributed by atoms with E-state index in [1.165, 1.54) is 0 Å². The Labute approximate surface area is 113 Å². The fourth-order valence-electron chi connectivity index (χ4n) is 2.17. The van der Waals surface area contributed by atoms with Gasteiger partial charge in [0.2, 0.25) is 0 Å². The maximum Gasteiger partial charge on any atom is 0.164 e. The molecular formula is C15H20N2O2. The molecule has 2 rings (SSSR count). The molecule has 0 aliphatic heterocycles. The number of methoxy groups -OCH3 is 1. The molecule has 1 aromatic carbocycles. The lowest BCUT2D eigenvalue weighted by atomic mass is 10.1. The van der Waals surface area contributed by atoms with Gasteiger partial charge in [-0.3, -0.25) is 4.68 Å². The third-order valence-electron chi connectivity index (χ3n) is 3.08. The number of para-hydroxylation sites is 1. The highest BCUT2D eigenvalue weighted by molar-refractivity contribution is 5.73. The van der Waals surface area contributed by atoms with Gasteiger partial charge in [0.15, 0.2) is 5.75 Å². The van der Waals surface area contributed by atoms with Gasteiger partial charge in [-0.2, -0.15) is 5.10 Å². The van der Waals surface area contributed by atoms with Crippen molar-refractivity contribution < 1.29 is 9.84 Å². The SMILES string of the molecule is COc1ccccc1-c1nn(C(C)(C)C)c(C)c1O. The third-order valence-corrected chi connectivity index (χ3v) is 3.08. The van der Waals surface area contributed by atoms with E-state index in [0.717, 1.165) is 11.3 Å². The molecule has 4 heteroatoms. The van der Waals surface area contributed by atoms with E-state index in [4.69, 9.17) is 4.74 Å². The summed E-state index contributed by atoms with van der Waals surface area (Å²) < 4.78 is 7.17. The van der Waals surface area contributed by atoms with Crippen molar-refractivity contribution in [2.24, 2.45) is 0 Å². The molecule has 0 saturated heterocycles. The number of hydrogen-bond acceptors (Lipinski definition) is 3. The highest BCUT2D eigenvalue weighted by atomic mass is 16.5. The van der Waals surface area contributed by atoms with Crippen LogP contribution in [0.1, 0.15) is 26.5 Å². The predicted octanol–water partition coefficient (Wildman–Crippen LogP) is 3.33. The first-order valence-corrected chi connectivity index (χ1v) is 6.28. The molecule has 0 radical (unpaired) electrons. The van der Waals surface area contributed by atoms with Gasteiger partial charge in [0.05, 0.1) is 18.3 Å². The Morgan fingerprint density at radius 2 is 1.84 bits per heavy atom. The first kappa shape index (κ1) is 13.5. The summed E-state index contributed by atoms with van der Waals surface area (Å²) in [6.45, 7) is 8.03. The van der Waals surface area contributed by atoms with Crippen molar-refractivity contribution >= 4 is 0 Å². The number of benzene rings is 1. The Morgan fingerprint density at radius 1 is 1.21 bits per heavy atom. The highest BCUT2D eigenvalue weighted by Gasteiger charge is 2.24. The van der Waals surface area contributed by atoms with Gasteiger partial charge in [-0.25, -0.2) is 0 Å². The van der Waals surface area contributed by atoms with Gasteiger partial charge in [0, 0.05) is 5.56 Å². The molecule has 1 aromatic heterocycles. The molecule has 1 N–H and O–H groups in total. The van der Waals surface area contributed by atoms with Crippen LogP contribution in [-0.2, 0) is 5.54 Å². The molecular weight excluding hydrogens is 240 g/mol. The summed E-state index contributed by atoms with van der Waals surface area (Å²) in [6.07, 6.45) is 0. The average molecular weight is 260 g/mol. The highest BCUT2D eigenvalue weighted by Crippen LogP contribution is 2.38. The van der Waals surface area contributed by atoms with E-state index in [1.807, 2.05) is 35.9 Å². The van der Waals surface area contributed by atoms with Crippen molar-refractivity contribution in [3.63, 3.8) is 0 Å². The maximum atomic E-state index is 10.3. The lowest BCUT2D eigenvalue weighted by Crippen LogP contribution is -2.24. The van der Waals surface area contributed by atoms with Crippen molar-refractivity contribution in [2.75, 3.05) is 7.11 Å². The Morgan fingerprint density at radius 3 is 2.37 bits per heavy atom. The maximum absolute atomic E-state index is 10.3. The monoisotopic (exact) mass is 260 g/mol. The molecule has 0 atom stereocenters. The smallest absolute Gasteiger partial charge is 0.164 e. The average Bonchev–Trinajstić information content (AvgIpc) is 2.66. The number of aromatic hydroxyl groups is 1. The number of rotatable bonds is 2. The molecule has 0 aliphatic rings. The minimum absolute atomic E-state index is 0.179. The summed E-state index contributed by atoms with van der Waals surface area (Å²) in [6, 6.07) is 7.56. The van der Waals surface area contributed by atoms with Gasteiger partial charge >= 0.3 is 0 Å². The van der Waals surface area contributed by atoms with Crippen LogP contribution >= 0.6 is 0 Å². The van der Waals surface area contributed by atoms with Crippen LogP contribution in [0.25, 0.3) is 11.3 Å². The van der Waals surface area contributed by atoms with Gasteiger partial charge in [0.1, 0.15) is 11.4 Å². The van der Waals surface area contributed by atoms with Crippen molar-refractivity contribution in [3.05, 3.63) is 30.0 Å². The quantitative estimate of drug-likeness (QED) is 0.901. The molecule has 0 aliphatic carbocycles. The third kappa shape index (κ3) is 2.30. The van der Waals surface area contributed by atoms with Crippen molar-refractivity contribution in [3.8, 4) is 22.8 Å². The Bertz CT molecular complexity index is 595. The Hall–Kier alpha value is -1.97. The summed E-state index contributed by atoms with van der Waals surface area (Å²) in [7, 11) is 1.61. The Kier molecular flexibility index (Phi) is 3.27. The summed E-state index contributed by atoms with van der Waals surface area (Å²) in [5.41, 5.74) is 1.94. The molecule has 2 aromatic rings. The summed E-state index contributed by atoms with van der Waals surface area (Å²) >= 11 is 0. The second-order valence-electron chi connectivity index (χ2n) is 5.57. The van der Waals surface area contributed by atoms with Crippen LogP contribution in [0.5, 0.6) is 11.5 Å². The van der Waals surface area contributed by atoms with Crippen molar-refractivity contribution in [1.82, 2.24) is 9.78 Å². The molecule has 0 unspecified atom stereocenters. The summed E-state index contributed by atoms with van der Waals surface area (Å²) in [5.74, 6) is 0.913. The molecule has 0 fully saturated rings. The molecule has 102 valence electrons. The zero-order valence-corrected chi connectivity index (χ0v) is 12.1. The molecule has 1 heterocycles. The first-order valence-electron chi connectivity index (χ1n) is 6.28. The van der Waals surface area contributed by atoms with Crippen LogP contribution in [0, 0.1) is 6.92 Å². The molecule has 0 amide bonds. The molecule has 0 saturated carbocycles. The van der Waals surface area contributed by atoms with Gasteiger partial charge < -0.3 is 9.84 Å². The zero-order chi connectivity index (χ0) is 14.2. The van der Waals surface area contributed by atoms with Gasteiger partial charge in [-0.15, -0.1) is 0 Å². The van der Waals surface area contributed by atoms with E-state index in [0.29, 0.717) is 11.4 Å². The largest absolute Gasteiger partial charge is 0.504 e. The van der Waals surface area contributed by atoms with Crippen LogP contribution in [0.3, 0.4) is 0 Å². The topological polar surface area (TPSA) is 47.3 Å². The normalized spacial score (nSPS) is 11.6. The second-order valence-corrected chi connectivity index (χ2v) is 5.57. The zero-order valence-electron chi connectivity index (χ0n) is 12.1. The van der Waals surface area contributed by atoms with E-state index in [9.17, 15) is 5.11 Å². The molecule has 0 bridgehead atoms. The van der Waals surface area contributed by atoms with Crippen LogP contribution in [-0.4, -0.2) is 22.0 Å². The van der Waals surface area contributed by atoms with Crippen LogP contribution < -0.4 is 4.74 Å². The van der Waals surface area contributed by atoms with Gasteiger partial charge in [-0.1, -0.05) is 12.1 Å². The van der Waals surface area contributed by atoms with E-state index < -0.39 is 0 Å². The van der Waals surface area contributed by atoms with Crippen molar-refractivity contribution in [2.45, 2.75) is 33.2 Å². The van der Waals surface area contributed by atoms with Gasteiger partial charge in [0.25, 0.3) is 0 Å². The van der Waals surface area contributed by atoms with Crippen molar-refractivity contribution in [1.29, 1.82) is 0 Å². The molecule has 0 spiro atoms. The summed E-state index contributed by atoms with van der Waals surface area (Å²) in [5, 5.41) is 14.9. The van der Waals surface area contributed by atoms with Gasteiger partial charge in [-0.05, 0) is 39.8 Å². The lowest BCUT2D eigenvalue weighted by molar-refractivity contribution is 0.345. The minimum Gasteiger partial charge on any atom is -0.504 e. The standard InChI is InChI=1S/C15H20N2O2/c1-10-14(18)13(16-17(10)15(2,3)4)11-8-6-7-9-12(11)19-5/h6-9,18H,1-5H3. The Balaban J connectivity index is 2.64. The van der Waals surface area contributed by atoms with Crippen LogP contribution in [0.4, 0.5) is 0 Å². The first-order chi connectivity index (χ1) is 8.86. The van der Waals surface area contributed by atoms with Crippen LogP contribution in [0.15, 0.2) is 24.3 Å². The van der Waals surface area contributed by atoms with E-state index >= 15 is 0 Å². The number of ether oxygens (including phenoxy) is 1. The molecule has 19 heavy (non-hydrogen) atoms. The number of hydrogen-bond donors (Lipinski definition) is 1.